The second-order valence-corrected chi connectivity index (χ2v) is 4.65. The van der Waals surface area contributed by atoms with Gasteiger partial charge in [0, 0.05) is 24.2 Å². The van der Waals surface area contributed by atoms with Gasteiger partial charge in [0.15, 0.2) is 0 Å². The van der Waals surface area contributed by atoms with E-state index in [1.807, 2.05) is 6.92 Å². The van der Waals surface area contributed by atoms with E-state index in [1.165, 1.54) is 0 Å². The number of hydrogen-bond donors (Lipinski definition) is 0. The minimum Gasteiger partial charge on any atom is -0.303 e. The van der Waals surface area contributed by atoms with Gasteiger partial charge in [0.05, 0.1) is 0 Å². The summed E-state index contributed by atoms with van der Waals surface area (Å²) in [6, 6.07) is 0. The van der Waals surface area contributed by atoms with Crippen LogP contribution < -0.4 is 0 Å². The fourth-order valence-corrected chi connectivity index (χ4v) is 1.95. The minimum absolute atomic E-state index is 0.00268. The lowest BCUT2D eigenvalue weighted by Crippen LogP contribution is -2.14. The highest BCUT2D eigenvalue weighted by Gasteiger charge is 2.17. The number of carbonyl (C=O) groups excluding carboxylic acids is 4. The van der Waals surface area contributed by atoms with Gasteiger partial charge in [0.2, 0.25) is 0 Å². The van der Waals surface area contributed by atoms with Crippen LogP contribution in [0.2, 0.25) is 0 Å². The number of aldehydes is 4. The van der Waals surface area contributed by atoms with Gasteiger partial charge in [-0.15, -0.1) is 0 Å². The minimum atomic E-state index is -0.235. The van der Waals surface area contributed by atoms with Crippen LogP contribution in [0, 0.1) is 17.8 Å². The van der Waals surface area contributed by atoms with Crippen LogP contribution in [0.15, 0.2) is 0 Å². The summed E-state index contributed by atoms with van der Waals surface area (Å²) in [7, 11) is 0. The third-order valence-corrected chi connectivity index (χ3v) is 3.27. The predicted octanol–water partition coefficient (Wildman–Crippen LogP) is 1.99. The van der Waals surface area contributed by atoms with Crippen molar-refractivity contribution in [3.63, 3.8) is 0 Å². The van der Waals surface area contributed by atoms with Crippen molar-refractivity contribution >= 4 is 25.1 Å². The van der Waals surface area contributed by atoms with E-state index in [4.69, 9.17) is 0 Å². The summed E-state index contributed by atoms with van der Waals surface area (Å²) in [4.78, 5) is 42.7. The highest BCUT2D eigenvalue weighted by molar-refractivity contribution is 5.59. The molecule has 0 aromatic rings. The Kier molecular flexibility index (Phi) is 10.0. The van der Waals surface area contributed by atoms with E-state index < -0.39 is 0 Å². The summed E-state index contributed by atoms with van der Waals surface area (Å²) < 4.78 is 0. The molecule has 0 N–H and O–H groups in total. The van der Waals surface area contributed by atoms with Crippen molar-refractivity contribution in [2.45, 2.75) is 45.4 Å². The van der Waals surface area contributed by atoms with Crippen LogP contribution >= 0.6 is 0 Å². The van der Waals surface area contributed by atoms with Crippen LogP contribution in [0.3, 0.4) is 0 Å². The second kappa shape index (κ2) is 10.8. The summed E-state index contributed by atoms with van der Waals surface area (Å²) in [6.07, 6.45) is 6.80. The van der Waals surface area contributed by atoms with Gasteiger partial charge in [-0.1, -0.05) is 6.92 Å². The van der Waals surface area contributed by atoms with Crippen LogP contribution in [0.4, 0.5) is 0 Å². The average Bonchev–Trinajstić information content (AvgIpc) is 2.42. The maximum atomic E-state index is 10.9. The van der Waals surface area contributed by atoms with E-state index in [-0.39, 0.29) is 17.8 Å². The standard InChI is InChI=1S/C14H22O4/c1-2-12(9-16)5-6-14(11-18)8-13(10-17)4-3-7-15/h7,9-14H,2-6,8H2,1H3. The Morgan fingerprint density at radius 3 is 1.72 bits per heavy atom. The largest absolute Gasteiger partial charge is 0.303 e. The summed E-state index contributed by atoms with van der Waals surface area (Å²) in [5.41, 5.74) is 0. The molecular formula is C14H22O4. The molecule has 0 radical (unpaired) electrons. The maximum absolute atomic E-state index is 10.9. The number of rotatable bonds is 12. The van der Waals surface area contributed by atoms with Crippen LogP contribution in [0.25, 0.3) is 0 Å². The van der Waals surface area contributed by atoms with Gasteiger partial charge >= 0.3 is 0 Å². The first-order valence-electron chi connectivity index (χ1n) is 6.51. The van der Waals surface area contributed by atoms with Crippen molar-refractivity contribution in [1.29, 1.82) is 0 Å². The smallest absolute Gasteiger partial charge is 0.123 e. The molecule has 0 aliphatic carbocycles. The lowest BCUT2D eigenvalue weighted by molar-refractivity contribution is -0.115. The first-order chi connectivity index (χ1) is 8.71. The summed E-state index contributed by atoms with van der Waals surface area (Å²) in [5, 5.41) is 0. The molecule has 3 unspecified atom stereocenters. The molecule has 0 amide bonds. The molecule has 4 nitrogen and oxygen atoms in total. The molecule has 0 aromatic heterocycles. The first-order valence-corrected chi connectivity index (χ1v) is 6.51. The molecular weight excluding hydrogens is 232 g/mol. The van der Waals surface area contributed by atoms with Crippen LogP contribution in [-0.2, 0) is 19.2 Å². The molecule has 0 heterocycles. The fourth-order valence-electron chi connectivity index (χ4n) is 1.95. The maximum Gasteiger partial charge on any atom is 0.123 e. The van der Waals surface area contributed by atoms with Crippen molar-refractivity contribution in [2.24, 2.45) is 17.8 Å². The average molecular weight is 254 g/mol. The molecule has 0 saturated heterocycles. The predicted molar refractivity (Wildman–Crippen MR) is 68.1 cm³/mol. The topological polar surface area (TPSA) is 68.3 Å². The molecule has 3 atom stereocenters. The third kappa shape index (κ3) is 7.09. The lowest BCUT2D eigenvalue weighted by Gasteiger charge is -2.16. The van der Waals surface area contributed by atoms with Gasteiger partial charge in [0.1, 0.15) is 25.1 Å². The Balaban J connectivity index is 4.14. The molecule has 0 aliphatic heterocycles. The van der Waals surface area contributed by atoms with Crippen molar-refractivity contribution in [1.82, 2.24) is 0 Å². The quantitative estimate of drug-likeness (QED) is 0.499. The van der Waals surface area contributed by atoms with Gasteiger partial charge in [-0.3, -0.25) is 0 Å². The third-order valence-electron chi connectivity index (χ3n) is 3.27. The number of hydrogen-bond acceptors (Lipinski definition) is 4. The fraction of sp³-hybridized carbons (Fsp3) is 0.714. The number of carbonyl (C=O) groups is 4. The summed E-state index contributed by atoms with van der Waals surface area (Å²) >= 11 is 0. The molecule has 0 fully saturated rings. The Morgan fingerprint density at radius 1 is 0.778 bits per heavy atom. The van der Waals surface area contributed by atoms with Gasteiger partial charge in [-0.05, 0) is 32.1 Å². The molecule has 4 heteroatoms. The van der Waals surface area contributed by atoms with Gasteiger partial charge in [-0.2, -0.15) is 0 Å². The van der Waals surface area contributed by atoms with E-state index in [2.05, 4.69) is 0 Å². The molecule has 0 spiro atoms. The van der Waals surface area contributed by atoms with Gasteiger partial charge in [0.25, 0.3) is 0 Å². The first kappa shape index (κ1) is 16.7. The Labute approximate surface area is 108 Å². The molecule has 0 saturated carbocycles. The summed E-state index contributed by atoms with van der Waals surface area (Å²) in [5.74, 6) is -0.431. The monoisotopic (exact) mass is 254 g/mol. The van der Waals surface area contributed by atoms with Gasteiger partial charge < -0.3 is 19.2 Å². The Bertz CT molecular complexity index is 263. The zero-order valence-corrected chi connectivity index (χ0v) is 10.9. The van der Waals surface area contributed by atoms with Crippen molar-refractivity contribution < 1.29 is 19.2 Å². The van der Waals surface area contributed by atoms with Gasteiger partial charge in [-0.25, -0.2) is 0 Å². The molecule has 0 bridgehead atoms. The lowest BCUT2D eigenvalue weighted by atomic mass is 9.87. The Hall–Kier alpha value is -1.32. The SMILES string of the molecule is CCC(C=O)CCC(C=O)CC(C=O)CCC=O. The molecule has 0 aliphatic rings. The second-order valence-electron chi connectivity index (χ2n) is 4.65. The van der Waals surface area contributed by atoms with Crippen LogP contribution in [0.5, 0.6) is 0 Å². The van der Waals surface area contributed by atoms with E-state index in [9.17, 15) is 19.2 Å². The highest BCUT2D eigenvalue weighted by Crippen LogP contribution is 2.20. The molecule has 102 valence electrons. The summed E-state index contributed by atoms with van der Waals surface area (Å²) in [6.45, 7) is 1.94. The highest BCUT2D eigenvalue weighted by atomic mass is 16.1. The van der Waals surface area contributed by atoms with Crippen molar-refractivity contribution in [2.75, 3.05) is 0 Å². The normalized spacial score (nSPS) is 15.4. The van der Waals surface area contributed by atoms with E-state index in [0.29, 0.717) is 32.1 Å². The van der Waals surface area contributed by atoms with Crippen LogP contribution in [0.1, 0.15) is 45.4 Å². The zero-order chi connectivity index (χ0) is 13.8. The van der Waals surface area contributed by atoms with E-state index in [0.717, 1.165) is 31.6 Å². The van der Waals surface area contributed by atoms with E-state index in [1.54, 1.807) is 0 Å². The van der Waals surface area contributed by atoms with E-state index >= 15 is 0 Å². The molecule has 0 aromatic carbocycles. The Morgan fingerprint density at radius 2 is 1.28 bits per heavy atom. The molecule has 18 heavy (non-hydrogen) atoms. The molecule has 0 rings (SSSR count). The zero-order valence-electron chi connectivity index (χ0n) is 10.9. The van der Waals surface area contributed by atoms with Crippen molar-refractivity contribution in [3.8, 4) is 0 Å². The van der Waals surface area contributed by atoms with Crippen LogP contribution in [-0.4, -0.2) is 25.1 Å². The van der Waals surface area contributed by atoms with Crippen molar-refractivity contribution in [3.05, 3.63) is 0 Å².